The molecular formula is C14H18ClNS. The molecule has 0 aliphatic carbocycles. The summed E-state index contributed by atoms with van der Waals surface area (Å²) in [5.74, 6) is 1.06. The van der Waals surface area contributed by atoms with Crippen LogP contribution in [0.2, 0.25) is 5.02 Å². The maximum atomic E-state index is 8.89. The van der Waals surface area contributed by atoms with Crippen LogP contribution in [0.25, 0.3) is 0 Å². The molecule has 1 aromatic carbocycles. The Kier molecular flexibility index (Phi) is 5.88. The highest BCUT2D eigenvalue weighted by Crippen LogP contribution is 2.28. The molecule has 92 valence electrons. The molecule has 1 rings (SSSR count). The summed E-state index contributed by atoms with van der Waals surface area (Å²) in [6.07, 6.45) is 3.19. The number of unbranched alkanes of at least 4 members (excludes halogenated alkanes) is 1. The number of nitrogens with zero attached hydrogens (tertiary/aromatic N) is 1. The van der Waals surface area contributed by atoms with Crippen LogP contribution < -0.4 is 0 Å². The van der Waals surface area contributed by atoms with Crippen molar-refractivity contribution in [3.05, 3.63) is 29.3 Å². The van der Waals surface area contributed by atoms with Crippen molar-refractivity contribution in [3.8, 4) is 6.07 Å². The summed E-state index contributed by atoms with van der Waals surface area (Å²) in [6, 6.07) is 10.3. The molecule has 1 aromatic rings. The van der Waals surface area contributed by atoms with E-state index in [2.05, 4.69) is 6.07 Å². The molecule has 1 nitrogen and oxygen atoms in total. The van der Waals surface area contributed by atoms with Gasteiger partial charge < -0.3 is 0 Å². The number of hydrogen-bond acceptors (Lipinski definition) is 2. The molecule has 0 fully saturated rings. The molecule has 3 heteroatoms. The van der Waals surface area contributed by atoms with Gasteiger partial charge in [-0.3, -0.25) is 0 Å². The van der Waals surface area contributed by atoms with Crippen molar-refractivity contribution >= 4 is 23.4 Å². The SMILES string of the molecule is CC(C)(C#N)CCCCSc1ccccc1Cl. The first kappa shape index (κ1) is 14.4. The van der Waals surface area contributed by atoms with Gasteiger partial charge in [0.15, 0.2) is 0 Å². The molecule has 0 unspecified atom stereocenters. The zero-order valence-electron chi connectivity index (χ0n) is 10.4. The Morgan fingerprint density at radius 2 is 2.00 bits per heavy atom. The van der Waals surface area contributed by atoms with Crippen molar-refractivity contribution in [3.63, 3.8) is 0 Å². The monoisotopic (exact) mass is 267 g/mol. The van der Waals surface area contributed by atoms with Crippen LogP contribution in [0.5, 0.6) is 0 Å². The molecule has 0 saturated heterocycles. The van der Waals surface area contributed by atoms with E-state index in [4.69, 9.17) is 16.9 Å². The third-order valence-corrected chi connectivity index (χ3v) is 4.19. The second kappa shape index (κ2) is 6.93. The fraction of sp³-hybridized carbons (Fsp3) is 0.500. The summed E-state index contributed by atoms with van der Waals surface area (Å²) in [4.78, 5) is 1.15. The van der Waals surface area contributed by atoms with Crippen LogP contribution in [-0.4, -0.2) is 5.75 Å². The van der Waals surface area contributed by atoms with Crippen LogP contribution >= 0.6 is 23.4 Å². The van der Waals surface area contributed by atoms with Crippen molar-refractivity contribution in [1.29, 1.82) is 5.26 Å². The maximum absolute atomic E-state index is 8.89. The topological polar surface area (TPSA) is 23.8 Å². The maximum Gasteiger partial charge on any atom is 0.0683 e. The summed E-state index contributed by atoms with van der Waals surface area (Å²) >= 11 is 7.86. The third kappa shape index (κ3) is 5.48. The largest absolute Gasteiger partial charge is 0.198 e. The first-order valence-electron chi connectivity index (χ1n) is 5.84. The molecule has 17 heavy (non-hydrogen) atoms. The van der Waals surface area contributed by atoms with Crippen LogP contribution in [-0.2, 0) is 0 Å². The first-order chi connectivity index (χ1) is 8.05. The number of halogens is 1. The van der Waals surface area contributed by atoms with E-state index in [1.807, 2.05) is 38.1 Å². The van der Waals surface area contributed by atoms with Gasteiger partial charge in [0.1, 0.15) is 0 Å². The normalized spacial score (nSPS) is 11.2. The Bertz CT molecular complexity index is 395. The second-order valence-corrected chi connectivity index (χ2v) is 6.28. The van der Waals surface area contributed by atoms with Crippen LogP contribution in [0.1, 0.15) is 33.1 Å². The van der Waals surface area contributed by atoms with Crippen LogP contribution in [0, 0.1) is 16.7 Å². The van der Waals surface area contributed by atoms with E-state index in [9.17, 15) is 0 Å². The van der Waals surface area contributed by atoms with Crippen molar-refractivity contribution in [2.24, 2.45) is 5.41 Å². The minimum absolute atomic E-state index is 0.185. The average Bonchev–Trinajstić information content (AvgIpc) is 2.31. The van der Waals surface area contributed by atoms with Gasteiger partial charge in [0.2, 0.25) is 0 Å². The molecule has 0 aliphatic rings. The zero-order chi connectivity index (χ0) is 12.7. The van der Waals surface area contributed by atoms with E-state index < -0.39 is 0 Å². The van der Waals surface area contributed by atoms with E-state index in [-0.39, 0.29) is 5.41 Å². The fourth-order valence-electron chi connectivity index (χ4n) is 1.47. The highest BCUT2D eigenvalue weighted by Gasteiger charge is 2.15. The lowest BCUT2D eigenvalue weighted by Crippen LogP contribution is -2.07. The van der Waals surface area contributed by atoms with Crippen molar-refractivity contribution in [2.45, 2.75) is 38.0 Å². The van der Waals surface area contributed by atoms with Crippen molar-refractivity contribution < 1.29 is 0 Å². The smallest absolute Gasteiger partial charge is 0.0683 e. The van der Waals surface area contributed by atoms with Crippen molar-refractivity contribution in [2.75, 3.05) is 5.75 Å². The number of thioether (sulfide) groups is 1. The third-order valence-electron chi connectivity index (χ3n) is 2.59. The average molecular weight is 268 g/mol. The Balaban J connectivity index is 2.22. The lowest BCUT2D eigenvalue weighted by molar-refractivity contribution is 0.433. The summed E-state index contributed by atoms with van der Waals surface area (Å²) in [7, 11) is 0. The molecule has 0 aliphatic heterocycles. The lowest BCUT2D eigenvalue weighted by Gasteiger charge is -2.14. The lowest BCUT2D eigenvalue weighted by atomic mass is 9.89. The molecule has 0 aromatic heterocycles. The molecule has 0 bridgehead atoms. The van der Waals surface area contributed by atoms with E-state index >= 15 is 0 Å². The molecule has 0 N–H and O–H groups in total. The first-order valence-corrected chi connectivity index (χ1v) is 7.20. The zero-order valence-corrected chi connectivity index (χ0v) is 11.9. The molecule has 0 atom stereocenters. The van der Waals surface area contributed by atoms with E-state index in [0.717, 1.165) is 34.9 Å². The van der Waals surface area contributed by atoms with Gasteiger partial charge in [-0.1, -0.05) is 30.2 Å². The summed E-state index contributed by atoms with van der Waals surface area (Å²) in [5.41, 5.74) is -0.185. The van der Waals surface area contributed by atoms with Crippen LogP contribution in [0.15, 0.2) is 29.2 Å². The van der Waals surface area contributed by atoms with Gasteiger partial charge in [0.25, 0.3) is 0 Å². The highest BCUT2D eigenvalue weighted by atomic mass is 35.5. The van der Waals surface area contributed by atoms with Gasteiger partial charge in [-0.2, -0.15) is 5.26 Å². The predicted octanol–water partition coefficient (Wildman–Crippen LogP) is 5.15. The van der Waals surface area contributed by atoms with Gasteiger partial charge in [-0.15, -0.1) is 11.8 Å². The van der Waals surface area contributed by atoms with Gasteiger partial charge in [-0.05, 0) is 44.6 Å². The molecule has 0 radical (unpaired) electrons. The molecular weight excluding hydrogens is 250 g/mol. The standard InChI is InChI=1S/C14H18ClNS/c1-14(2,11-16)9-5-6-10-17-13-8-4-3-7-12(13)15/h3-4,7-8H,5-6,9-10H2,1-2H3. The fourth-order valence-corrected chi connectivity index (χ4v) is 2.72. The predicted molar refractivity (Wildman–Crippen MR) is 75.4 cm³/mol. The highest BCUT2D eigenvalue weighted by molar-refractivity contribution is 7.99. The minimum atomic E-state index is -0.185. The molecule has 0 amide bonds. The number of hydrogen-bond donors (Lipinski definition) is 0. The van der Waals surface area contributed by atoms with Crippen LogP contribution in [0.3, 0.4) is 0 Å². The molecule has 0 heterocycles. The summed E-state index contributed by atoms with van der Waals surface area (Å²) in [6.45, 7) is 3.99. The second-order valence-electron chi connectivity index (χ2n) is 4.73. The van der Waals surface area contributed by atoms with E-state index in [1.54, 1.807) is 11.8 Å². The summed E-state index contributed by atoms with van der Waals surface area (Å²) in [5, 5.41) is 9.72. The van der Waals surface area contributed by atoms with Gasteiger partial charge in [-0.25, -0.2) is 0 Å². The Hall–Kier alpha value is -0.650. The van der Waals surface area contributed by atoms with Gasteiger partial charge in [0, 0.05) is 4.90 Å². The van der Waals surface area contributed by atoms with Crippen LogP contribution in [0.4, 0.5) is 0 Å². The van der Waals surface area contributed by atoms with E-state index in [0.29, 0.717) is 0 Å². The number of nitriles is 1. The Labute approximate surface area is 113 Å². The summed E-state index contributed by atoms with van der Waals surface area (Å²) < 4.78 is 0. The van der Waals surface area contributed by atoms with Crippen molar-refractivity contribution in [1.82, 2.24) is 0 Å². The van der Waals surface area contributed by atoms with E-state index in [1.165, 1.54) is 0 Å². The quantitative estimate of drug-likeness (QED) is 0.526. The van der Waals surface area contributed by atoms with Gasteiger partial charge in [0.05, 0.1) is 16.5 Å². The van der Waals surface area contributed by atoms with Gasteiger partial charge >= 0.3 is 0 Å². The molecule has 0 saturated carbocycles. The minimum Gasteiger partial charge on any atom is -0.198 e. The Morgan fingerprint density at radius 3 is 2.65 bits per heavy atom. The molecule has 0 spiro atoms. The number of rotatable bonds is 6. The number of benzene rings is 1. The Morgan fingerprint density at radius 1 is 1.29 bits per heavy atom.